The number of hydrogen-bond acceptors (Lipinski definition) is 7. The zero-order valence-electron chi connectivity index (χ0n) is 17.2. The average molecular weight is 409 g/mol. The Labute approximate surface area is 175 Å². The molecule has 0 bridgehead atoms. The third-order valence-electron chi connectivity index (χ3n) is 5.26. The van der Waals surface area contributed by atoms with E-state index in [-0.39, 0.29) is 19.4 Å². The normalized spacial score (nSPS) is 16.8. The number of hydrogen-bond donors (Lipinski definition) is 0. The van der Waals surface area contributed by atoms with Crippen molar-refractivity contribution in [1.82, 2.24) is 4.90 Å². The van der Waals surface area contributed by atoms with Gasteiger partial charge in [-0.3, -0.25) is 9.69 Å². The number of methoxy groups -OCH3 is 2. The van der Waals surface area contributed by atoms with Crippen molar-refractivity contribution in [3.63, 3.8) is 0 Å². The van der Waals surface area contributed by atoms with E-state index in [9.17, 15) is 4.79 Å². The van der Waals surface area contributed by atoms with Crippen LogP contribution < -0.4 is 23.7 Å². The van der Waals surface area contributed by atoms with E-state index in [0.717, 1.165) is 36.1 Å². The number of carbonyl (C=O) groups is 1. The van der Waals surface area contributed by atoms with E-state index in [1.54, 1.807) is 25.3 Å². The smallest absolute Gasteiger partial charge is 0.231 e. The molecule has 2 aliphatic heterocycles. The Morgan fingerprint density at radius 1 is 1.20 bits per heavy atom. The lowest BCUT2D eigenvalue weighted by Gasteiger charge is -2.32. The van der Waals surface area contributed by atoms with Crippen LogP contribution in [-0.4, -0.2) is 52.4 Å². The van der Waals surface area contributed by atoms with Gasteiger partial charge in [-0.15, -0.1) is 0 Å². The first-order valence-corrected chi connectivity index (χ1v) is 9.60. The van der Waals surface area contributed by atoms with Gasteiger partial charge >= 0.3 is 0 Å². The SMILES string of the molecule is COc1cc(C=O)ccc1OCC#CC1c2c(cc3c(c2OC)OCO3)CCN1C. The van der Waals surface area contributed by atoms with Gasteiger partial charge in [-0.25, -0.2) is 0 Å². The lowest BCUT2D eigenvalue weighted by molar-refractivity contribution is 0.112. The summed E-state index contributed by atoms with van der Waals surface area (Å²) in [6.07, 6.45) is 1.65. The average Bonchev–Trinajstić information content (AvgIpc) is 3.24. The molecule has 0 aromatic heterocycles. The largest absolute Gasteiger partial charge is 0.493 e. The van der Waals surface area contributed by atoms with Crippen LogP contribution in [0.4, 0.5) is 0 Å². The fourth-order valence-corrected chi connectivity index (χ4v) is 3.74. The van der Waals surface area contributed by atoms with E-state index in [0.29, 0.717) is 28.6 Å². The van der Waals surface area contributed by atoms with E-state index in [1.165, 1.54) is 7.11 Å². The number of likely N-dealkylation sites (N-methyl/N-ethyl adjacent to an activating group) is 1. The maximum absolute atomic E-state index is 10.9. The Kier molecular flexibility index (Phi) is 5.68. The van der Waals surface area contributed by atoms with Crippen LogP contribution in [0.1, 0.15) is 27.5 Å². The Balaban J connectivity index is 1.57. The Bertz CT molecular complexity index is 1020. The molecule has 0 N–H and O–H groups in total. The van der Waals surface area contributed by atoms with E-state index < -0.39 is 0 Å². The summed E-state index contributed by atoms with van der Waals surface area (Å²) in [4.78, 5) is 13.1. The van der Waals surface area contributed by atoms with Crippen molar-refractivity contribution in [1.29, 1.82) is 0 Å². The lowest BCUT2D eigenvalue weighted by Crippen LogP contribution is -2.31. The standard InChI is InChI=1S/C23H23NO6/c1-24-9-8-16-12-20-22(30-14-29-20)23(27-3)21(16)17(24)5-4-10-28-18-7-6-15(13-25)11-19(18)26-2/h6-7,11-13,17H,8-10,14H2,1-3H3. The highest BCUT2D eigenvalue weighted by Gasteiger charge is 2.33. The van der Waals surface area contributed by atoms with E-state index in [4.69, 9.17) is 23.7 Å². The van der Waals surface area contributed by atoms with Crippen molar-refractivity contribution in [2.24, 2.45) is 0 Å². The summed E-state index contributed by atoms with van der Waals surface area (Å²) in [7, 11) is 5.20. The molecule has 0 saturated heterocycles. The molecule has 0 saturated carbocycles. The second-order valence-corrected chi connectivity index (χ2v) is 6.99. The maximum atomic E-state index is 10.9. The van der Waals surface area contributed by atoms with Crippen molar-refractivity contribution < 1.29 is 28.5 Å². The van der Waals surface area contributed by atoms with Crippen LogP contribution in [0.15, 0.2) is 24.3 Å². The molecule has 30 heavy (non-hydrogen) atoms. The summed E-state index contributed by atoms with van der Waals surface area (Å²) in [6.45, 7) is 1.25. The van der Waals surface area contributed by atoms with Crippen molar-refractivity contribution >= 4 is 6.29 Å². The zero-order valence-corrected chi connectivity index (χ0v) is 17.2. The highest BCUT2D eigenvalue weighted by molar-refractivity contribution is 5.76. The molecule has 2 heterocycles. The molecule has 0 spiro atoms. The number of fused-ring (bicyclic) bond motifs is 2. The van der Waals surface area contributed by atoms with Gasteiger partial charge in [0.2, 0.25) is 12.5 Å². The third kappa shape index (κ3) is 3.62. The van der Waals surface area contributed by atoms with Crippen LogP contribution in [-0.2, 0) is 6.42 Å². The minimum Gasteiger partial charge on any atom is -0.493 e. The second kappa shape index (κ2) is 8.56. The molecule has 7 heteroatoms. The first-order valence-electron chi connectivity index (χ1n) is 9.60. The predicted molar refractivity (Wildman–Crippen MR) is 110 cm³/mol. The molecule has 4 rings (SSSR count). The zero-order chi connectivity index (χ0) is 21.1. The first-order chi connectivity index (χ1) is 14.7. The van der Waals surface area contributed by atoms with E-state index in [1.807, 2.05) is 13.1 Å². The highest BCUT2D eigenvalue weighted by atomic mass is 16.7. The summed E-state index contributed by atoms with van der Waals surface area (Å²) < 4.78 is 27.9. The number of aldehydes is 1. The molecular weight excluding hydrogens is 386 g/mol. The molecule has 0 fully saturated rings. The quantitative estimate of drug-likeness (QED) is 0.556. The van der Waals surface area contributed by atoms with Crippen LogP contribution in [0.2, 0.25) is 0 Å². The van der Waals surface area contributed by atoms with Crippen LogP contribution in [0, 0.1) is 11.8 Å². The van der Waals surface area contributed by atoms with E-state index >= 15 is 0 Å². The molecular formula is C23H23NO6. The van der Waals surface area contributed by atoms with Gasteiger partial charge in [0.1, 0.15) is 18.9 Å². The molecule has 1 atom stereocenters. The molecule has 2 aliphatic rings. The van der Waals surface area contributed by atoms with Gasteiger partial charge in [0, 0.05) is 17.7 Å². The molecule has 0 amide bonds. The van der Waals surface area contributed by atoms with Gasteiger partial charge in [-0.05, 0) is 43.3 Å². The van der Waals surface area contributed by atoms with E-state index in [2.05, 4.69) is 16.7 Å². The van der Waals surface area contributed by atoms with Crippen LogP contribution in [0.25, 0.3) is 0 Å². The van der Waals surface area contributed by atoms with Gasteiger partial charge in [0.15, 0.2) is 23.0 Å². The van der Waals surface area contributed by atoms with Gasteiger partial charge in [0.05, 0.1) is 14.2 Å². The minimum atomic E-state index is -0.152. The van der Waals surface area contributed by atoms with Crippen molar-refractivity contribution in [2.45, 2.75) is 12.5 Å². The van der Waals surface area contributed by atoms with Gasteiger partial charge in [0.25, 0.3) is 0 Å². The Morgan fingerprint density at radius 2 is 2.07 bits per heavy atom. The van der Waals surface area contributed by atoms with Crippen molar-refractivity contribution in [3.8, 4) is 40.6 Å². The molecule has 0 aliphatic carbocycles. The lowest BCUT2D eigenvalue weighted by atomic mass is 9.91. The summed E-state index contributed by atoms with van der Waals surface area (Å²) in [5, 5.41) is 0. The van der Waals surface area contributed by atoms with Crippen molar-refractivity contribution in [2.75, 3.05) is 41.2 Å². The van der Waals surface area contributed by atoms with Gasteiger partial charge < -0.3 is 23.7 Å². The molecule has 0 radical (unpaired) electrons. The monoisotopic (exact) mass is 409 g/mol. The third-order valence-corrected chi connectivity index (χ3v) is 5.26. The first kappa shape index (κ1) is 19.9. The topological polar surface area (TPSA) is 66.5 Å². The van der Waals surface area contributed by atoms with Crippen LogP contribution in [0.5, 0.6) is 28.7 Å². The fraction of sp³-hybridized carbons (Fsp3) is 0.348. The van der Waals surface area contributed by atoms with Crippen molar-refractivity contribution in [3.05, 3.63) is 41.0 Å². The molecule has 156 valence electrons. The highest BCUT2D eigenvalue weighted by Crippen LogP contribution is 2.49. The number of rotatable bonds is 5. The van der Waals surface area contributed by atoms with Crippen LogP contribution >= 0.6 is 0 Å². The van der Waals surface area contributed by atoms with Crippen LogP contribution in [0.3, 0.4) is 0 Å². The second-order valence-electron chi connectivity index (χ2n) is 6.99. The number of ether oxygens (including phenoxy) is 5. The summed E-state index contributed by atoms with van der Waals surface area (Å²) in [5.74, 6) is 9.47. The fourth-order valence-electron chi connectivity index (χ4n) is 3.74. The summed E-state index contributed by atoms with van der Waals surface area (Å²) in [5.41, 5.74) is 2.69. The Morgan fingerprint density at radius 3 is 2.83 bits per heavy atom. The molecule has 7 nitrogen and oxygen atoms in total. The molecule has 2 aromatic carbocycles. The number of benzene rings is 2. The molecule has 1 unspecified atom stereocenters. The summed E-state index contributed by atoms with van der Waals surface area (Å²) in [6, 6.07) is 6.89. The maximum Gasteiger partial charge on any atom is 0.231 e. The van der Waals surface area contributed by atoms with Gasteiger partial charge in [-0.1, -0.05) is 11.8 Å². The minimum absolute atomic E-state index is 0.152. The predicted octanol–water partition coefficient (Wildman–Crippen LogP) is 2.86. The summed E-state index contributed by atoms with van der Waals surface area (Å²) >= 11 is 0. The van der Waals surface area contributed by atoms with Gasteiger partial charge in [-0.2, -0.15) is 0 Å². The Hall–Kier alpha value is -3.37. The number of nitrogens with zero attached hydrogens (tertiary/aromatic N) is 1. The number of carbonyl (C=O) groups excluding carboxylic acids is 1. The molecule has 2 aromatic rings.